The van der Waals surface area contributed by atoms with E-state index in [1.54, 1.807) is 18.3 Å². The van der Waals surface area contributed by atoms with E-state index in [-0.39, 0.29) is 5.82 Å². The summed E-state index contributed by atoms with van der Waals surface area (Å²) in [4.78, 5) is 6.76. The van der Waals surface area contributed by atoms with Gasteiger partial charge < -0.3 is 9.72 Å². The fourth-order valence-electron chi connectivity index (χ4n) is 1.95. The average Bonchev–Trinajstić information content (AvgIpc) is 3.00. The predicted molar refractivity (Wildman–Crippen MR) is 74.8 cm³/mol. The largest absolute Gasteiger partial charge is 0.489 e. The molecule has 0 amide bonds. The van der Waals surface area contributed by atoms with Crippen molar-refractivity contribution in [1.82, 2.24) is 9.97 Å². The van der Waals surface area contributed by atoms with Crippen LogP contribution in [0, 0.1) is 5.82 Å². The van der Waals surface area contributed by atoms with Crippen LogP contribution in [0.25, 0.3) is 11.3 Å². The molecule has 3 nitrogen and oxygen atoms in total. The molecule has 0 saturated carbocycles. The third-order valence-electron chi connectivity index (χ3n) is 2.98. The highest BCUT2D eigenvalue weighted by Gasteiger charge is 2.07. The van der Waals surface area contributed by atoms with E-state index in [0.29, 0.717) is 23.6 Å². The number of hydrogen-bond acceptors (Lipinski definition) is 2. The summed E-state index contributed by atoms with van der Waals surface area (Å²) in [6.07, 6.45) is 3.11. The number of benzene rings is 2. The number of halogens is 1. The lowest BCUT2D eigenvalue weighted by atomic mass is 10.1. The molecule has 0 radical (unpaired) electrons. The van der Waals surface area contributed by atoms with Gasteiger partial charge in [0.05, 0.1) is 18.2 Å². The molecule has 100 valence electrons. The number of aromatic nitrogens is 2. The Bertz CT molecular complexity index is 681. The topological polar surface area (TPSA) is 37.9 Å². The van der Waals surface area contributed by atoms with E-state index in [9.17, 15) is 4.39 Å². The van der Waals surface area contributed by atoms with Gasteiger partial charge in [-0.2, -0.15) is 0 Å². The van der Waals surface area contributed by atoms with Gasteiger partial charge in [-0.15, -0.1) is 0 Å². The molecule has 2 aromatic carbocycles. The first-order chi connectivity index (χ1) is 9.83. The van der Waals surface area contributed by atoms with Crippen molar-refractivity contribution in [2.75, 3.05) is 0 Å². The normalized spacial score (nSPS) is 10.4. The maximum absolute atomic E-state index is 14.0. The predicted octanol–water partition coefficient (Wildman–Crippen LogP) is 3.79. The molecule has 0 spiro atoms. The second-order valence-corrected chi connectivity index (χ2v) is 4.38. The fraction of sp³-hybridized carbons (Fsp3) is 0.0625. The van der Waals surface area contributed by atoms with Crippen molar-refractivity contribution in [3.8, 4) is 17.0 Å². The van der Waals surface area contributed by atoms with Crippen LogP contribution in [-0.2, 0) is 6.61 Å². The van der Waals surface area contributed by atoms with Gasteiger partial charge in [0.1, 0.15) is 18.2 Å². The number of nitrogens with one attached hydrogen (secondary N) is 1. The highest BCUT2D eigenvalue weighted by Crippen LogP contribution is 2.24. The minimum atomic E-state index is -0.334. The van der Waals surface area contributed by atoms with E-state index in [1.165, 1.54) is 12.4 Å². The number of imidazole rings is 1. The Morgan fingerprint density at radius 2 is 1.95 bits per heavy atom. The van der Waals surface area contributed by atoms with E-state index < -0.39 is 0 Å². The van der Waals surface area contributed by atoms with Gasteiger partial charge in [0, 0.05) is 11.6 Å². The van der Waals surface area contributed by atoms with E-state index in [4.69, 9.17) is 4.74 Å². The zero-order chi connectivity index (χ0) is 13.8. The first kappa shape index (κ1) is 12.4. The van der Waals surface area contributed by atoms with Crippen molar-refractivity contribution in [3.63, 3.8) is 0 Å². The molecule has 0 bridgehead atoms. The molecule has 0 unspecified atom stereocenters. The van der Waals surface area contributed by atoms with E-state index in [2.05, 4.69) is 9.97 Å². The first-order valence-electron chi connectivity index (χ1n) is 6.28. The monoisotopic (exact) mass is 268 g/mol. The Morgan fingerprint density at radius 1 is 1.10 bits per heavy atom. The second kappa shape index (κ2) is 5.57. The van der Waals surface area contributed by atoms with Crippen LogP contribution < -0.4 is 4.74 Å². The summed E-state index contributed by atoms with van der Waals surface area (Å²) in [6.45, 7) is 0.420. The molecule has 0 aliphatic rings. The molecule has 3 rings (SSSR count). The molecule has 0 saturated heterocycles. The molecular formula is C16H13FN2O. The van der Waals surface area contributed by atoms with Crippen LogP contribution in [-0.4, -0.2) is 9.97 Å². The summed E-state index contributed by atoms with van der Waals surface area (Å²) in [7, 11) is 0. The van der Waals surface area contributed by atoms with Crippen molar-refractivity contribution >= 4 is 0 Å². The number of H-pyrrole nitrogens is 1. The van der Waals surface area contributed by atoms with Gasteiger partial charge in [0.2, 0.25) is 0 Å². The van der Waals surface area contributed by atoms with E-state index in [0.717, 1.165) is 5.56 Å². The fourth-order valence-corrected chi connectivity index (χ4v) is 1.95. The van der Waals surface area contributed by atoms with Crippen LogP contribution in [0.2, 0.25) is 0 Å². The lowest BCUT2D eigenvalue weighted by Crippen LogP contribution is -1.96. The zero-order valence-corrected chi connectivity index (χ0v) is 10.7. The average molecular weight is 268 g/mol. The van der Waals surface area contributed by atoms with Gasteiger partial charge in [-0.05, 0) is 17.7 Å². The van der Waals surface area contributed by atoms with Gasteiger partial charge in [0.15, 0.2) is 0 Å². The Balaban J connectivity index is 1.74. The summed E-state index contributed by atoms with van der Waals surface area (Å²) in [5, 5.41) is 0. The molecule has 0 aliphatic heterocycles. The van der Waals surface area contributed by atoms with Gasteiger partial charge in [-0.25, -0.2) is 9.37 Å². The molecule has 0 fully saturated rings. The number of nitrogens with zero attached hydrogens (tertiary/aromatic N) is 1. The third-order valence-corrected chi connectivity index (χ3v) is 2.98. The highest BCUT2D eigenvalue weighted by molar-refractivity contribution is 5.60. The SMILES string of the molecule is Fc1cc(OCc2ccccc2)ccc1-c1cnc[nH]1. The molecule has 20 heavy (non-hydrogen) atoms. The van der Waals surface area contributed by atoms with Crippen molar-refractivity contribution in [2.45, 2.75) is 6.61 Å². The lowest BCUT2D eigenvalue weighted by Gasteiger charge is -2.08. The molecule has 1 aromatic heterocycles. The van der Waals surface area contributed by atoms with Gasteiger partial charge in [0.25, 0.3) is 0 Å². The standard InChI is InChI=1S/C16H13FN2O/c17-15-8-13(20-10-12-4-2-1-3-5-12)6-7-14(15)16-9-18-11-19-16/h1-9,11H,10H2,(H,18,19). The van der Waals surface area contributed by atoms with E-state index in [1.807, 2.05) is 30.3 Å². The summed E-state index contributed by atoms with van der Waals surface area (Å²) >= 11 is 0. The Kier molecular flexibility index (Phi) is 3.46. The van der Waals surface area contributed by atoms with Crippen LogP contribution in [0.4, 0.5) is 4.39 Å². The zero-order valence-electron chi connectivity index (χ0n) is 10.7. The summed E-state index contributed by atoms with van der Waals surface area (Å²) in [6, 6.07) is 14.6. The molecular weight excluding hydrogens is 255 g/mol. The highest BCUT2D eigenvalue weighted by atomic mass is 19.1. The maximum atomic E-state index is 14.0. The molecule has 4 heteroatoms. The molecule has 1 heterocycles. The summed E-state index contributed by atoms with van der Waals surface area (Å²) < 4.78 is 19.6. The van der Waals surface area contributed by atoms with Crippen molar-refractivity contribution in [1.29, 1.82) is 0 Å². The summed E-state index contributed by atoms with van der Waals surface area (Å²) in [5.74, 6) is 0.175. The molecule has 0 atom stereocenters. The van der Waals surface area contributed by atoms with E-state index >= 15 is 0 Å². The Morgan fingerprint density at radius 3 is 2.65 bits per heavy atom. The van der Waals surface area contributed by atoms with Crippen LogP contribution in [0.15, 0.2) is 61.1 Å². The molecule has 0 aliphatic carbocycles. The van der Waals surface area contributed by atoms with Crippen LogP contribution in [0.5, 0.6) is 5.75 Å². The smallest absolute Gasteiger partial charge is 0.136 e. The van der Waals surface area contributed by atoms with Crippen molar-refractivity contribution in [2.24, 2.45) is 0 Å². The van der Waals surface area contributed by atoms with Gasteiger partial charge in [-0.1, -0.05) is 30.3 Å². The quantitative estimate of drug-likeness (QED) is 0.781. The molecule has 3 aromatic rings. The van der Waals surface area contributed by atoms with Crippen LogP contribution >= 0.6 is 0 Å². The first-order valence-corrected chi connectivity index (χ1v) is 6.28. The Hall–Kier alpha value is -2.62. The lowest BCUT2D eigenvalue weighted by molar-refractivity contribution is 0.304. The second-order valence-electron chi connectivity index (χ2n) is 4.38. The number of hydrogen-bond donors (Lipinski definition) is 1. The minimum Gasteiger partial charge on any atom is -0.489 e. The van der Waals surface area contributed by atoms with Crippen LogP contribution in [0.3, 0.4) is 0 Å². The maximum Gasteiger partial charge on any atom is 0.136 e. The van der Waals surface area contributed by atoms with Crippen molar-refractivity contribution in [3.05, 3.63) is 72.4 Å². The Labute approximate surface area is 116 Å². The summed E-state index contributed by atoms with van der Waals surface area (Å²) in [5.41, 5.74) is 2.18. The van der Waals surface area contributed by atoms with Gasteiger partial charge in [-0.3, -0.25) is 0 Å². The third kappa shape index (κ3) is 2.69. The van der Waals surface area contributed by atoms with Gasteiger partial charge >= 0.3 is 0 Å². The number of aromatic amines is 1. The molecule has 1 N–H and O–H groups in total. The minimum absolute atomic E-state index is 0.334. The number of ether oxygens (including phenoxy) is 1. The number of rotatable bonds is 4. The van der Waals surface area contributed by atoms with Crippen molar-refractivity contribution < 1.29 is 9.13 Å². The van der Waals surface area contributed by atoms with Crippen LogP contribution in [0.1, 0.15) is 5.56 Å².